The Labute approximate surface area is 152 Å². The second-order valence-corrected chi connectivity index (χ2v) is 7.71. The molecule has 1 aromatic heterocycles. The molecule has 0 aromatic carbocycles. The van der Waals surface area contributed by atoms with Gasteiger partial charge in [0, 0.05) is 24.8 Å². The maximum Gasteiger partial charge on any atom is 0.407 e. The number of anilines is 1. The van der Waals surface area contributed by atoms with Crippen molar-refractivity contribution in [2.45, 2.75) is 58.2 Å². The number of rotatable bonds is 3. The third-order valence-corrected chi connectivity index (χ3v) is 4.25. The van der Waals surface area contributed by atoms with Gasteiger partial charge in [-0.3, -0.25) is 4.79 Å². The van der Waals surface area contributed by atoms with Gasteiger partial charge in [-0.25, -0.2) is 9.78 Å². The smallest absolute Gasteiger partial charge is 0.407 e. The largest absolute Gasteiger partial charge is 0.444 e. The zero-order chi connectivity index (χ0) is 18.8. The van der Waals surface area contributed by atoms with E-state index in [1.165, 1.54) is 12.3 Å². The Balaban J connectivity index is 2.00. The summed E-state index contributed by atoms with van der Waals surface area (Å²) in [5.41, 5.74) is 5.01. The van der Waals surface area contributed by atoms with Gasteiger partial charge in [0.15, 0.2) is 0 Å². The van der Waals surface area contributed by atoms with Crippen LogP contribution >= 0.6 is 11.6 Å². The molecule has 0 spiro atoms. The second kappa shape index (κ2) is 7.47. The first-order valence-electron chi connectivity index (χ1n) is 8.28. The molecule has 8 heteroatoms. The van der Waals surface area contributed by atoms with Gasteiger partial charge in [-0.05, 0) is 46.6 Å². The third kappa shape index (κ3) is 5.22. The van der Waals surface area contributed by atoms with Crippen LogP contribution in [0, 0.1) is 0 Å². The summed E-state index contributed by atoms with van der Waals surface area (Å²) < 4.78 is 5.30. The minimum absolute atomic E-state index is 0.0322. The molecule has 7 nitrogen and oxygen atoms in total. The average molecular weight is 369 g/mol. The van der Waals surface area contributed by atoms with Gasteiger partial charge in [0.2, 0.25) is 5.91 Å². The molecule has 2 amide bonds. The number of nitrogens with zero attached hydrogens (tertiary/aromatic N) is 2. The van der Waals surface area contributed by atoms with Crippen molar-refractivity contribution in [1.82, 2.24) is 10.3 Å². The molecule has 1 saturated heterocycles. The molecule has 138 valence electrons. The third-order valence-electron chi connectivity index (χ3n) is 3.98. The van der Waals surface area contributed by atoms with Crippen molar-refractivity contribution >= 4 is 29.4 Å². The van der Waals surface area contributed by atoms with Gasteiger partial charge in [-0.1, -0.05) is 11.6 Å². The van der Waals surface area contributed by atoms with E-state index in [-0.39, 0.29) is 17.6 Å². The number of carbonyl (C=O) groups is 2. The summed E-state index contributed by atoms with van der Waals surface area (Å²) in [6, 6.07) is 1.69. The molecule has 1 fully saturated rings. The van der Waals surface area contributed by atoms with E-state index in [0.717, 1.165) is 12.8 Å². The van der Waals surface area contributed by atoms with Crippen LogP contribution in [0.1, 0.15) is 50.9 Å². The first kappa shape index (κ1) is 19.3. The molecule has 0 aliphatic carbocycles. The molecule has 1 aliphatic rings. The normalized spacial score (nSPS) is 20.9. The van der Waals surface area contributed by atoms with Crippen LogP contribution in [0.15, 0.2) is 12.3 Å². The van der Waals surface area contributed by atoms with Crippen LogP contribution in [-0.2, 0) is 4.74 Å². The highest BCUT2D eigenvalue weighted by Gasteiger charge is 2.29. The monoisotopic (exact) mass is 368 g/mol. The van der Waals surface area contributed by atoms with Crippen LogP contribution in [0.3, 0.4) is 0 Å². The maximum absolute atomic E-state index is 11.9. The van der Waals surface area contributed by atoms with Gasteiger partial charge in [0.1, 0.15) is 11.4 Å². The van der Waals surface area contributed by atoms with Gasteiger partial charge in [0.05, 0.1) is 10.6 Å². The van der Waals surface area contributed by atoms with E-state index >= 15 is 0 Å². The summed E-state index contributed by atoms with van der Waals surface area (Å²) in [6.45, 7) is 8.23. The fraction of sp³-hybridized carbons (Fsp3) is 0.588. The Bertz CT molecular complexity index is 660. The fourth-order valence-corrected chi connectivity index (χ4v) is 3.14. The Hall–Kier alpha value is -2.02. The molecule has 2 rings (SSSR count). The number of ether oxygens (including phenoxy) is 1. The number of hydrogen-bond acceptors (Lipinski definition) is 5. The Kier molecular flexibility index (Phi) is 5.77. The number of hydrogen-bond donors (Lipinski definition) is 2. The van der Waals surface area contributed by atoms with Crippen LogP contribution in [-0.4, -0.2) is 41.2 Å². The molecular formula is C17H25ClN4O3. The van der Waals surface area contributed by atoms with Crippen molar-refractivity contribution < 1.29 is 14.3 Å². The molecule has 2 atom stereocenters. The van der Waals surface area contributed by atoms with Crippen LogP contribution in [0.2, 0.25) is 5.02 Å². The van der Waals surface area contributed by atoms with E-state index in [9.17, 15) is 9.59 Å². The zero-order valence-electron chi connectivity index (χ0n) is 15.0. The molecule has 0 bridgehead atoms. The van der Waals surface area contributed by atoms with E-state index in [0.29, 0.717) is 17.4 Å². The Morgan fingerprint density at radius 1 is 1.44 bits per heavy atom. The maximum atomic E-state index is 11.9. The lowest BCUT2D eigenvalue weighted by molar-refractivity contribution is 0.0493. The molecule has 1 aliphatic heterocycles. The number of primary amides is 1. The molecule has 1 aromatic rings. The lowest BCUT2D eigenvalue weighted by Crippen LogP contribution is -2.50. The summed E-state index contributed by atoms with van der Waals surface area (Å²) in [5, 5.41) is 3.30. The molecule has 0 saturated carbocycles. The average Bonchev–Trinajstić information content (AvgIpc) is 2.45. The number of nitrogens with two attached hydrogens (primary N) is 1. The van der Waals surface area contributed by atoms with E-state index in [4.69, 9.17) is 22.1 Å². The highest BCUT2D eigenvalue weighted by molar-refractivity contribution is 6.33. The van der Waals surface area contributed by atoms with Gasteiger partial charge < -0.3 is 20.7 Å². The standard InChI is InChI=1S/C17H25ClN4O3/c1-10-7-12(21-16(24)25-17(2,3)4)5-6-22(10)15-13(18)8-11(9-20-15)14(19)23/h8-10,12H,5-7H2,1-4H3,(H2,19,23)(H,21,24). The minimum Gasteiger partial charge on any atom is -0.444 e. The van der Waals surface area contributed by atoms with Crippen molar-refractivity contribution in [3.8, 4) is 0 Å². The first-order valence-corrected chi connectivity index (χ1v) is 8.66. The van der Waals surface area contributed by atoms with Crippen molar-refractivity contribution in [2.75, 3.05) is 11.4 Å². The predicted molar refractivity (Wildman–Crippen MR) is 97.0 cm³/mol. The molecule has 2 heterocycles. The number of aromatic nitrogens is 1. The van der Waals surface area contributed by atoms with Crippen molar-refractivity contribution in [1.29, 1.82) is 0 Å². The number of nitrogens with one attached hydrogen (secondary N) is 1. The quantitative estimate of drug-likeness (QED) is 0.854. The molecule has 2 unspecified atom stereocenters. The summed E-state index contributed by atoms with van der Waals surface area (Å²) in [5.74, 6) is 0.0594. The predicted octanol–water partition coefficient (Wildman–Crippen LogP) is 2.72. The lowest BCUT2D eigenvalue weighted by atomic mass is 9.98. The van der Waals surface area contributed by atoms with E-state index < -0.39 is 17.6 Å². The van der Waals surface area contributed by atoms with E-state index in [1.807, 2.05) is 27.7 Å². The van der Waals surface area contributed by atoms with E-state index in [1.54, 1.807) is 0 Å². The second-order valence-electron chi connectivity index (χ2n) is 7.30. The molecule has 0 radical (unpaired) electrons. The number of carbonyl (C=O) groups excluding carboxylic acids is 2. The SMILES string of the molecule is CC1CC(NC(=O)OC(C)(C)C)CCN1c1ncc(C(N)=O)cc1Cl. The van der Waals surface area contributed by atoms with Gasteiger partial charge in [-0.15, -0.1) is 0 Å². The lowest BCUT2D eigenvalue weighted by Gasteiger charge is -2.39. The van der Waals surface area contributed by atoms with Crippen molar-refractivity contribution in [2.24, 2.45) is 5.73 Å². The number of alkyl carbamates (subject to hydrolysis) is 1. The van der Waals surface area contributed by atoms with E-state index in [2.05, 4.69) is 15.2 Å². The number of halogens is 1. The Morgan fingerprint density at radius 3 is 2.64 bits per heavy atom. The fourth-order valence-electron chi connectivity index (χ4n) is 2.87. The molecular weight excluding hydrogens is 344 g/mol. The van der Waals surface area contributed by atoms with Crippen LogP contribution in [0.25, 0.3) is 0 Å². The summed E-state index contributed by atoms with van der Waals surface area (Å²) in [7, 11) is 0. The van der Waals surface area contributed by atoms with Gasteiger partial charge >= 0.3 is 6.09 Å². The molecule has 3 N–H and O–H groups in total. The summed E-state index contributed by atoms with van der Waals surface area (Å²) >= 11 is 6.26. The summed E-state index contributed by atoms with van der Waals surface area (Å²) in [6.07, 6.45) is 2.52. The number of pyridine rings is 1. The number of piperidine rings is 1. The van der Waals surface area contributed by atoms with Crippen LogP contribution in [0.5, 0.6) is 0 Å². The highest BCUT2D eigenvalue weighted by atomic mass is 35.5. The first-order chi connectivity index (χ1) is 11.6. The van der Waals surface area contributed by atoms with Gasteiger partial charge in [0.25, 0.3) is 0 Å². The van der Waals surface area contributed by atoms with Crippen LogP contribution < -0.4 is 16.0 Å². The topological polar surface area (TPSA) is 97.6 Å². The highest BCUT2D eigenvalue weighted by Crippen LogP contribution is 2.30. The van der Waals surface area contributed by atoms with Crippen molar-refractivity contribution in [3.63, 3.8) is 0 Å². The van der Waals surface area contributed by atoms with Crippen LogP contribution in [0.4, 0.5) is 10.6 Å². The zero-order valence-corrected chi connectivity index (χ0v) is 15.8. The minimum atomic E-state index is -0.561. The van der Waals surface area contributed by atoms with Gasteiger partial charge in [-0.2, -0.15) is 0 Å². The Morgan fingerprint density at radius 2 is 2.12 bits per heavy atom. The number of amides is 2. The van der Waals surface area contributed by atoms with Crippen molar-refractivity contribution in [3.05, 3.63) is 22.8 Å². The molecule has 25 heavy (non-hydrogen) atoms. The summed E-state index contributed by atoms with van der Waals surface area (Å²) in [4.78, 5) is 29.5.